The molecule has 0 atom stereocenters. The Morgan fingerprint density at radius 1 is 1.16 bits per heavy atom. The first-order valence-corrected chi connectivity index (χ1v) is 7.11. The van der Waals surface area contributed by atoms with Gasteiger partial charge in [0, 0.05) is 21.1 Å². The fourth-order valence-corrected chi connectivity index (χ4v) is 2.64. The molecule has 0 aliphatic rings. The summed E-state index contributed by atoms with van der Waals surface area (Å²) < 4.78 is 6.31. The van der Waals surface area contributed by atoms with Crippen LogP contribution < -0.4 is 4.74 Å². The highest BCUT2D eigenvalue weighted by atomic mass is 127. The molecular formula is C16H15IO2. The average Bonchev–Trinajstić information content (AvgIpc) is 2.42. The van der Waals surface area contributed by atoms with Gasteiger partial charge in [-0.15, -0.1) is 0 Å². The highest BCUT2D eigenvalue weighted by Gasteiger charge is 2.14. The molecular weight excluding hydrogens is 351 g/mol. The van der Waals surface area contributed by atoms with Gasteiger partial charge in [0.25, 0.3) is 0 Å². The van der Waals surface area contributed by atoms with Crippen LogP contribution in [-0.4, -0.2) is 12.9 Å². The Labute approximate surface area is 126 Å². The van der Waals surface area contributed by atoms with Crippen LogP contribution in [0.3, 0.4) is 0 Å². The van der Waals surface area contributed by atoms with Gasteiger partial charge < -0.3 is 4.74 Å². The highest BCUT2D eigenvalue weighted by Crippen LogP contribution is 2.22. The van der Waals surface area contributed by atoms with E-state index in [9.17, 15) is 4.79 Å². The van der Waals surface area contributed by atoms with Crippen LogP contribution in [-0.2, 0) is 6.42 Å². The molecule has 0 bridgehead atoms. The molecule has 2 aromatic carbocycles. The smallest absolute Gasteiger partial charge is 0.168 e. The summed E-state index contributed by atoms with van der Waals surface area (Å²) in [4.78, 5) is 12.4. The molecule has 0 saturated carbocycles. The van der Waals surface area contributed by atoms with Crippen LogP contribution in [0.2, 0.25) is 0 Å². The van der Waals surface area contributed by atoms with Crippen molar-refractivity contribution in [3.8, 4) is 5.75 Å². The number of para-hydroxylation sites is 1. The summed E-state index contributed by atoms with van der Waals surface area (Å²) >= 11 is 2.23. The van der Waals surface area contributed by atoms with Crippen molar-refractivity contribution < 1.29 is 9.53 Å². The number of hydrogen-bond donors (Lipinski definition) is 0. The predicted molar refractivity (Wildman–Crippen MR) is 84.9 cm³/mol. The van der Waals surface area contributed by atoms with E-state index in [-0.39, 0.29) is 5.78 Å². The maximum absolute atomic E-state index is 12.4. The van der Waals surface area contributed by atoms with E-state index in [1.165, 1.54) is 0 Å². The third-order valence-electron chi connectivity index (χ3n) is 3.04. The zero-order chi connectivity index (χ0) is 13.8. The molecule has 2 aromatic rings. The first kappa shape index (κ1) is 14.1. The van der Waals surface area contributed by atoms with Crippen molar-refractivity contribution in [1.29, 1.82) is 0 Å². The van der Waals surface area contributed by atoms with Crippen molar-refractivity contribution in [3.63, 3.8) is 0 Å². The van der Waals surface area contributed by atoms with Crippen LogP contribution in [0.25, 0.3) is 0 Å². The van der Waals surface area contributed by atoms with E-state index in [1.54, 1.807) is 7.11 Å². The topological polar surface area (TPSA) is 26.3 Å². The second kappa shape index (κ2) is 6.19. The average molecular weight is 366 g/mol. The molecule has 0 aliphatic carbocycles. The SMILES string of the molecule is COc1ccccc1CC(=O)c1cccc(C)c1I. The molecule has 0 heterocycles. The Kier molecular flexibility index (Phi) is 4.58. The molecule has 0 amide bonds. The number of carbonyl (C=O) groups excluding carboxylic acids is 1. The second-order valence-corrected chi connectivity index (χ2v) is 5.43. The number of methoxy groups -OCH3 is 1. The lowest BCUT2D eigenvalue weighted by Crippen LogP contribution is -2.07. The molecule has 0 unspecified atom stereocenters. The van der Waals surface area contributed by atoms with E-state index in [0.29, 0.717) is 6.42 Å². The van der Waals surface area contributed by atoms with Gasteiger partial charge in [0.15, 0.2) is 5.78 Å². The minimum atomic E-state index is 0.123. The van der Waals surface area contributed by atoms with Gasteiger partial charge in [0.05, 0.1) is 7.11 Å². The standard InChI is InChI=1S/C16H15IO2/c1-11-6-5-8-13(16(11)17)14(18)10-12-7-3-4-9-15(12)19-2/h3-9H,10H2,1-2H3. The largest absolute Gasteiger partial charge is 0.496 e. The number of halogens is 1. The summed E-state index contributed by atoms with van der Waals surface area (Å²) in [6.45, 7) is 2.02. The van der Waals surface area contributed by atoms with Crippen LogP contribution in [0, 0.1) is 10.5 Å². The molecule has 2 rings (SSSR count). The summed E-state index contributed by atoms with van der Waals surface area (Å²) in [5.74, 6) is 0.885. The summed E-state index contributed by atoms with van der Waals surface area (Å²) in [6, 6.07) is 13.5. The summed E-state index contributed by atoms with van der Waals surface area (Å²) in [5, 5.41) is 0. The van der Waals surface area contributed by atoms with Gasteiger partial charge in [-0.2, -0.15) is 0 Å². The molecule has 0 N–H and O–H groups in total. The quantitative estimate of drug-likeness (QED) is 0.603. The Morgan fingerprint density at radius 3 is 2.63 bits per heavy atom. The Balaban J connectivity index is 2.28. The van der Waals surface area contributed by atoms with Gasteiger partial charge in [0.2, 0.25) is 0 Å². The highest BCUT2D eigenvalue weighted by molar-refractivity contribution is 14.1. The maximum atomic E-state index is 12.4. The van der Waals surface area contributed by atoms with Gasteiger partial charge in [-0.05, 0) is 41.1 Å². The first-order valence-electron chi connectivity index (χ1n) is 6.03. The Bertz CT molecular complexity index is 605. The van der Waals surface area contributed by atoms with Gasteiger partial charge >= 0.3 is 0 Å². The van der Waals surface area contributed by atoms with E-state index in [0.717, 1.165) is 26.0 Å². The molecule has 0 spiro atoms. The molecule has 98 valence electrons. The van der Waals surface area contributed by atoms with Crippen molar-refractivity contribution in [1.82, 2.24) is 0 Å². The fraction of sp³-hybridized carbons (Fsp3) is 0.188. The van der Waals surface area contributed by atoms with Crippen LogP contribution in [0.1, 0.15) is 21.5 Å². The second-order valence-electron chi connectivity index (χ2n) is 4.35. The van der Waals surface area contributed by atoms with Crippen molar-refractivity contribution in [2.75, 3.05) is 7.11 Å². The predicted octanol–water partition coefficient (Wildman–Crippen LogP) is 4.03. The zero-order valence-corrected chi connectivity index (χ0v) is 13.1. The van der Waals surface area contributed by atoms with E-state index in [4.69, 9.17) is 4.74 Å². The summed E-state index contributed by atoms with van der Waals surface area (Å²) in [5.41, 5.74) is 2.84. The van der Waals surface area contributed by atoms with Crippen molar-refractivity contribution >= 4 is 28.4 Å². The van der Waals surface area contributed by atoms with Gasteiger partial charge in [-0.3, -0.25) is 4.79 Å². The number of ether oxygens (including phenoxy) is 1. The molecule has 3 heteroatoms. The molecule has 2 nitrogen and oxygen atoms in total. The van der Waals surface area contributed by atoms with E-state index < -0.39 is 0 Å². The molecule has 0 saturated heterocycles. The minimum absolute atomic E-state index is 0.123. The van der Waals surface area contributed by atoms with Crippen molar-refractivity contribution in [2.24, 2.45) is 0 Å². The van der Waals surface area contributed by atoms with E-state index in [1.807, 2.05) is 49.4 Å². The van der Waals surface area contributed by atoms with Crippen LogP contribution >= 0.6 is 22.6 Å². The molecule has 0 aliphatic heterocycles. The van der Waals surface area contributed by atoms with Crippen LogP contribution in [0.5, 0.6) is 5.75 Å². The van der Waals surface area contributed by atoms with Crippen LogP contribution in [0.4, 0.5) is 0 Å². The third kappa shape index (κ3) is 3.15. The summed E-state index contributed by atoms with van der Waals surface area (Å²) in [7, 11) is 1.62. The minimum Gasteiger partial charge on any atom is -0.496 e. The fourth-order valence-electron chi connectivity index (χ4n) is 1.98. The number of ketones is 1. The van der Waals surface area contributed by atoms with Gasteiger partial charge in [-0.1, -0.05) is 36.4 Å². The Morgan fingerprint density at radius 2 is 1.89 bits per heavy atom. The number of rotatable bonds is 4. The third-order valence-corrected chi connectivity index (χ3v) is 4.47. The van der Waals surface area contributed by atoms with Gasteiger partial charge in [0.1, 0.15) is 5.75 Å². The maximum Gasteiger partial charge on any atom is 0.168 e. The first-order chi connectivity index (χ1) is 9.13. The lowest BCUT2D eigenvalue weighted by Gasteiger charge is -2.09. The monoisotopic (exact) mass is 366 g/mol. The Hall–Kier alpha value is -1.36. The normalized spacial score (nSPS) is 10.3. The molecule has 0 fully saturated rings. The number of Topliss-reactive ketones (excluding diaryl/α,β-unsaturated/α-hetero) is 1. The molecule has 0 radical (unpaired) electrons. The van der Waals surface area contributed by atoms with E-state index >= 15 is 0 Å². The number of aryl methyl sites for hydroxylation is 1. The lowest BCUT2D eigenvalue weighted by molar-refractivity contribution is 0.0991. The number of benzene rings is 2. The molecule has 19 heavy (non-hydrogen) atoms. The van der Waals surface area contributed by atoms with Crippen molar-refractivity contribution in [2.45, 2.75) is 13.3 Å². The summed E-state index contributed by atoms with van der Waals surface area (Å²) in [6.07, 6.45) is 0.365. The lowest BCUT2D eigenvalue weighted by atomic mass is 10.0. The molecule has 0 aromatic heterocycles. The van der Waals surface area contributed by atoms with Gasteiger partial charge in [-0.25, -0.2) is 0 Å². The van der Waals surface area contributed by atoms with Crippen molar-refractivity contribution in [3.05, 3.63) is 62.7 Å². The van der Waals surface area contributed by atoms with E-state index in [2.05, 4.69) is 22.6 Å². The number of carbonyl (C=O) groups is 1. The van der Waals surface area contributed by atoms with Crippen LogP contribution in [0.15, 0.2) is 42.5 Å². The number of hydrogen-bond acceptors (Lipinski definition) is 2. The zero-order valence-electron chi connectivity index (χ0n) is 10.9.